The maximum atomic E-state index is 10.6. The Morgan fingerprint density at radius 3 is 2.50 bits per heavy atom. The van der Waals surface area contributed by atoms with Crippen molar-refractivity contribution in [2.75, 3.05) is 6.26 Å². The van der Waals surface area contributed by atoms with Crippen LogP contribution in [-0.4, -0.2) is 22.1 Å². The number of thioether (sulfide) groups is 1. The Morgan fingerprint density at radius 2 is 2.20 bits per heavy atom. The van der Waals surface area contributed by atoms with E-state index in [2.05, 4.69) is 0 Å². The third-order valence-electron chi connectivity index (χ3n) is 1.26. The fourth-order valence-corrected chi connectivity index (χ4v) is 0.774. The Hall–Kier alpha value is -0.220. The molecule has 3 nitrogen and oxygen atoms in total. The minimum Gasteiger partial charge on any atom is -0.289 e. The topological polar surface area (TPSA) is 49.3 Å². The van der Waals surface area contributed by atoms with Gasteiger partial charge < -0.3 is 0 Å². The maximum Gasteiger partial charge on any atom is 0.244 e. The molecule has 0 fully saturated rings. The maximum absolute atomic E-state index is 10.6. The summed E-state index contributed by atoms with van der Waals surface area (Å²) in [7, 11) is 0. The van der Waals surface area contributed by atoms with Crippen LogP contribution in [0, 0.1) is 0 Å². The first-order valence-corrected chi connectivity index (χ1v) is 4.22. The molecule has 0 heterocycles. The van der Waals surface area contributed by atoms with Gasteiger partial charge in [0.15, 0.2) is 0 Å². The Balaban J connectivity index is 3.76. The first-order chi connectivity index (χ1) is 4.52. The number of hydroxylamine groups is 1. The highest BCUT2D eigenvalue weighted by Crippen LogP contribution is 2.24. The molecule has 0 atom stereocenters. The van der Waals surface area contributed by atoms with Gasteiger partial charge in [-0.3, -0.25) is 10.0 Å². The van der Waals surface area contributed by atoms with Crippen LogP contribution in [0.25, 0.3) is 0 Å². The average Bonchev–Trinajstić information content (AvgIpc) is 1.87. The van der Waals surface area contributed by atoms with Crippen molar-refractivity contribution < 1.29 is 10.0 Å². The van der Waals surface area contributed by atoms with Crippen LogP contribution in [0.3, 0.4) is 0 Å². The molecular formula is C6H13NO2S. The standard InChI is InChI=1S/C6H13NO2S/c1-6(2,10-3)4-5(8)7-9/h9H,4H2,1-3H3,(H,7,8). The van der Waals surface area contributed by atoms with E-state index in [0.29, 0.717) is 6.42 Å². The molecule has 0 unspecified atom stereocenters. The normalized spacial score (nSPS) is 11.2. The van der Waals surface area contributed by atoms with E-state index in [1.54, 1.807) is 17.2 Å². The molecule has 0 spiro atoms. The fourth-order valence-electron chi connectivity index (χ4n) is 0.498. The molecule has 0 rings (SSSR count). The molecule has 0 saturated carbocycles. The predicted octanol–water partition coefficient (Wildman–Crippen LogP) is 1.02. The van der Waals surface area contributed by atoms with Crippen molar-refractivity contribution in [3.05, 3.63) is 0 Å². The van der Waals surface area contributed by atoms with Gasteiger partial charge in [-0.25, -0.2) is 5.48 Å². The van der Waals surface area contributed by atoms with Crippen LogP contribution in [0.4, 0.5) is 0 Å². The Bertz CT molecular complexity index is 125. The van der Waals surface area contributed by atoms with Gasteiger partial charge in [0.25, 0.3) is 0 Å². The molecule has 0 aromatic carbocycles. The van der Waals surface area contributed by atoms with E-state index >= 15 is 0 Å². The van der Waals surface area contributed by atoms with E-state index in [9.17, 15) is 4.79 Å². The lowest BCUT2D eigenvalue weighted by atomic mass is 10.1. The molecule has 0 aromatic heterocycles. The second kappa shape index (κ2) is 3.83. The van der Waals surface area contributed by atoms with Crippen LogP contribution in [0.1, 0.15) is 20.3 Å². The first kappa shape index (κ1) is 9.78. The van der Waals surface area contributed by atoms with E-state index in [1.807, 2.05) is 20.1 Å². The Kier molecular flexibility index (Phi) is 3.75. The van der Waals surface area contributed by atoms with Gasteiger partial charge in [-0.2, -0.15) is 11.8 Å². The number of hydrogen-bond donors (Lipinski definition) is 2. The molecule has 60 valence electrons. The summed E-state index contributed by atoms with van der Waals surface area (Å²) in [6.07, 6.45) is 2.27. The number of rotatable bonds is 3. The summed E-state index contributed by atoms with van der Waals surface area (Å²) < 4.78 is -0.0905. The number of hydrogen-bond acceptors (Lipinski definition) is 3. The molecule has 0 aromatic rings. The summed E-state index contributed by atoms with van der Waals surface area (Å²) in [5.74, 6) is -0.334. The van der Waals surface area contributed by atoms with Crippen LogP contribution in [0.5, 0.6) is 0 Å². The van der Waals surface area contributed by atoms with Crippen LogP contribution in [0.15, 0.2) is 0 Å². The molecule has 0 aliphatic carbocycles. The fraction of sp³-hybridized carbons (Fsp3) is 0.833. The second-order valence-electron chi connectivity index (χ2n) is 2.68. The number of carbonyl (C=O) groups excluding carboxylic acids is 1. The molecule has 0 aliphatic rings. The zero-order valence-corrected chi connectivity index (χ0v) is 7.29. The third-order valence-corrected chi connectivity index (χ3v) is 2.51. The van der Waals surface area contributed by atoms with Crippen molar-refractivity contribution in [1.82, 2.24) is 5.48 Å². The van der Waals surface area contributed by atoms with E-state index in [-0.39, 0.29) is 10.7 Å². The Morgan fingerprint density at radius 1 is 1.70 bits per heavy atom. The van der Waals surface area contributed by atoms with Crippen LogP contribution >= 0.6 is 11.8 Å². The highest BCUT2D eigenvalue weighted by atomic mass is 32.2. The van der Waals surface area contributed by atoms with Gasteiger partial charge >= 0.3 is 0 Å². The van der Waals surface area contributed by atoms with Crippen molar-refractivity contribution in [2.24, 2.45) is 0 Å². The van der Waals surface area contributed by atoms with Gasteiger partial charge in [0.1, 0.15) is 0 Å². The molecule has 1 amide bonds. The molecule has 0 saturated heterocycles. The molecule has 0 radical (unpaired) electrons. The van der Waals surface area contributed by atoms with Crippen LogP contribution in [-0.2, 0) is 4.79 Å². The van der Waals surface area contributed by atoms with Gasteiger partial charge in [-0.05, 0) is 6.26 Å². The van der Waals surface area contributed by atoms with Gasteiger partial charge in [-0.15, -0.1) is 0 Å². The van der Waals surface area contributed by atoms with Crippen molar-refractivity contribution in [1.29, 1.82) is 0 Å². The Labute approximate surface area is 65.1 Å². The molecule has 4 heteroatoms. The van der Waals surface area contributed by atoms with Gasteiger partial charge in [0.05, 0.1) is 0 Å². The molecule has 0 aliphatic heterocycles. The monoisotopic (exact) mass is 163 g/mol. The minimum atomic E-state index is -0.334. The minimum absolute atomic E-state index is 0.0905. The summed E-state index contributed by atoms with van der Waals surface area (Å²) in [6, 6.07) is 0. The van der Waals surface area contributed by atoms with Gasteiger partial charge in [0.2, 0.25) is 5.91 Å². The summed E-state index contributed by atoms with van der Waals surface area (Å²) in [4.78, 5) is 10.6. The summed E-state index contributed by atoms with van der Waals surface area (Å²) >= 11 is 1.60. The summed E-state index contributed by atoms with van der Waals surface area (Å²) in [6.45, 7) is 3.90. The quantitative estimate of drug-likeness (QED) is 0.482. The zero-order chi connectivity index (χ0) is 8.20. The zero-order valence-electron chi connectivity index (χ0n) is 6.47. The van der Waals surface area contributed by atoms with E-state index in [1.165, 1.54) is 0 Å². The highest BCUT2D eigenvalue weighted by molar-refractivity contribution is 7.99. The largest absolute Gasteiger partial charge is 0.289 e. The lowest BCUT2D eigenvalue weighted by Crippen LogP contribution is -2.27. The summed E-state index contributed by atoms with van der Waals surface area (Å²) in [5.41, 5.74) is 1.60. The van der Waals surface area contributed by atoms with E-state index < -0.39 is 0 Å². The highest BCUT2D eigenvalue weighted by Gasteiger charge is 2.19. The van der Waals surface area contributed by atoms with Crippen LogP contribution in [0.2, 0.25) is 0 Å². The van der Waals surface area contributed by atoms with Gasteiger partial charge in [0, 0.05) is 11.2 Å². The molecule has 2 N–H and O–H groups in total. The first-order valence-electron chi connectivity index (χ1n) is 3.00. The molecule has 10 heavy (non-hydrogen) atoms. The van der Waals surface area contributed by atoms with E-state index in [0.717, 1.165) is 0 Å². The SMILES string of the molecule is CSC(C)(C)CC(=O)NO. The average molecular weight is 163 g/mol. The number of nitrogens with one attached hydrogen (secondary N) is 1. The van der Waals surface area contributed by atoms with Crippen molar-refractivity contribution in [3.63, 3.8) is 0 Å². The number of amides is 1. The molecule has 0 bridgehead atoms. The second-order valence-corrected chi connectivity index (χ2v) is 4.19. The lowest BCUT2D eigenvalue weighted by molar-refractivity contribution is -0.129. The van der Waals surface area contributed by atoms with Crippen molar-refractivity contribution in [2.45, 2.75) is 25.0 Å². The smallest absolute Gasteiger partial charge is 0.244 e. The summed E-state index contributed by atoms with van der Waals surface area (Å²) in [5, 5.41) is 8.18. The van der Waals surface area contributed by atoms with Crippen molar-refractivity contribution >= 4 is 17.7 Å². The number of carbonyl (C=O) groups is 1. The third kappa shape index (κ3) is 3.74. The molecular weight excluding hydrogens is 150 g/mol. The lowest BCUT2D eigenvalue weighted by Gasteiger charge is -2.19. The van der Waals surface area contributed by atoms with E-state index in [4.69, 9.17) is 5.21 Å². The van der Waals surface area contributed by atoms with Crippen LogP contribution < -0.4 is 5.48 Å². The van der Waals surface area contributed by atoms with Gasteiger partial charge in [-0.1, -0.05) is 13.8 Å². The van der Waals surface area contributed by atoms with Crippen molar-refractivity contribution in [3.8, 4) is 0 Å². The predicted molar refractivity (Wildman–Crippen MR) is 42.1 cm³/mol.